The van der Waals surface area contributed by atoms with Crippen LogP contribution in [0.3, 0.4) is 0 Å². The van der Waals surface area contributed by atoms with Crippen LogP contribution in [0.25, 0.3) is 11.0 Å². The van der Waals surface area contributed by atoms with Crippen LogP contribution in [0, 0.1) is 4.77 Å². The zero-order chi connectivity index (χ0) is 13.6. The van der Waals surface area contributed by atoms with Crippen LogP contribution in [-0.4, -0.2) is 21.7 Å². The number of aromatic amines is 1. The minimum atomic E-state index is 0.478. The molecule has 19 heavy (non-hydrogen) atoms. The van der Waals surface area contributed by atoms with Crippen molar-refractivity contribution in [2.75, 3.05) is 5.01 Å². The molecule has 0 radical (unpaired) electrons. The molecule has 3 nitrogen and oxygen atoms in total. The van der Waals surface area contributed by atoms with Crippen molar-refractivity contribution in [2.45, 2.75) is 45.2 Å². The van der Waals surface area contributed by atoms with Crippen LogP contribution in [0.5, 0.6) is 0 Å². The lowest BCUT2D eigenvalue weighted by Crippen LogP contribution is -2.51. The van der Waals surface area contributed by atoms with Gasteiger partial charge in [-0.3, -0.25) is 0 Å². The summed E-state index contributed by atoms with van der Waals surface area (Å²) >= 11 is 11.9. The van der Waals surface area contributed by atoms with Crippen LogP contribution in [0.1, 0.15) is 33.1 Å². The van der Waals surface area contributed by atoms with Crippen LogP contribution in [0.4, 0.5) is 0 Å². The molecule has 1 saturated heterocycles. The van der Waals surface area contributed by atoms with Gasteiger partial charge in [-0.15, -0.1) is 0 Å². The number of para-hydroxylation sites is 1. The molecular formula is C14H18ClN3S. The van der Waals surface area contributed by atoms with Gasteiger partial charge in [-0.1, -0.05) is 17.7 Å². The number of rotatable bonds is 1. The molecule has 1 aliphatic rings. The molecule has 2 unspecified atom stereocenters. The van der Waals surface area contributed by atoms with E-state index in [2.05, 4.69) is 28.5 Å². The number of imidazole rings is 1. The van der Waals surface area contributed by atoms with Gasteiger partial charge in [0, 0.05) is 12.1 Å². The molecule has 2 heterocycles. The molecule has 0 amide bonds. The molecule has 5 heteroatoms. The zero-order valence-electron chi connectivity index (χ0n) is 11.2. The van der Waals surface area contributed by atoms with E-state index in [0.29, 0.717) is 12.1 Å². The van der Waals surface area contributed by atoms with E-state index >= 15 is 0 Å². The van der Waals surface area contributed by atoms with Crippen LogP contribution in [0.15, 0.2) is 18.2 Å². The smallest absolute Gasteiger partial charge is 0.197 e. The largest absolute Gasteiger partial charge is 0.329 e. The van der Waals surface area contributed by atoms with Crippen LogP contribution in [0.2, 0.25) is 5.02 Å². The quantitative estimate of drug-likeness (QED) is 0.795. The Morgan fingerprint density at radius 3 is 2.63 bits per heavy atom. The molecular weight excluding hydrogens is 278 g/mol. The number of H-pyrrole nitrogens is 1. The molecule has 1 N–H and O–H groups in total. The van der Waals surface area contributed by atoms with Gasteiger partial charge in [-0.25, -0.2) is 4.68 Å². The van der Waals surface area contributed by atoms with Crippen molar-refractivity contribution < 1.29 is 0 Å². The molecule has 0 aliphatic carbocycles. The second kappa shape index (κ2) is 4.84. The van der Waals surface area contributed by atoms with E-state index in [9.17, 15) is 0 Å². The van der Waals surface area contributed by atoms with Gasteiger partial charge >= 0.3 is 0 Å². The first-order valence-electron chi connectivity index (χ1n) is 6.77. The maximum Gasteiger partial charge on any atom is 0.197 e. The molecule has 3 rings (SSSR count). The first-order chi connectivity index (χ1) is 9.09. The Morgan fingerprint density at radius 2 is 1.95 bits per heavy atom. The molecule has 1 fully saturated rings. The lowest BCUT2D eigenvalue weighted by molar-refractivity contribution is 0.339. The number of halogens is 1. The normalized spacial score (nSPS) is 24.1. The van der Waals surface area contributed by atoms with Gasteiger partial charge in [0.25, 0.3) is 0 Å². The van der Waals surface area contributed by atoms with Gasteiger partial charge in [0.1, 0.15) is 5.52 Å². The van der Waals surface area contributed by atoms with Gasteiger partial charge in [-0.2, -0.15) is 0 Å². The fourth-order valence-corrected chi connectivity index (χ4v) is 3.67. The first kappa shape index (κ1) is 13.0. The number of aromatic nitrogens is 2. The highest BCUT2D eigenvalue weighted by atomic mass is 35.5. The third-order valence-electron chi connectivity index (χ3n) is 4.01. The lowest BCUT2D eigenvalue weighted by Gasteiger charge is -2.41. The predicted octanol–water partition coefficient (Wildman–Crippen LogP) is 4.25. The Balaban J connectivity index is 2.24. The third-order valence-corrected chi connectivity index (χ3v) is 4.59. The van der Waals surface area contributed by atoms with Crippen molar-refractivity contribution in [3.8, 4) is 0 Å². The maximum absolute atomic E-state index is 6.38. The number of nitrogens with one attached hydrogen (secondary N) is 1. The summed E-state index contributed by atoms with van der Waals surface area (Å²) in [5.41, 5.74) is 2.00. The van der Waals surface area contributed by atoms with Crippen molar-refractivity contribution in [1.82, 2.24) is 9.66 Å². The average Bonchev–Trinajstić information content (AvgIpc) is 2.67. The molecule has 2 aromatic rings. The van der Waals surface area contributed by atoms with E-state index in [1.807, 2.05) is 18.2 Å². The second-order valence-corrected chi connectivity index (χ2v) is 6.18. The predicted molar refractivity (Wildman–Crippen MR) is 83.1 cm³/mol. The van der Waals surface area contributed by atoms with Gasteiger partial charge in [0.2, 0.25) is 0 Å². The molecule has 102 valence electrons. The van der Waals surface area contributed by atoms with E-state index in [1.54, 1.807) is 0 Å². The number of fused-ring (bicyclic) bond motifs is 1. The SMILES string of the molecule is CC1CCCC(C)N1n1c(=S)[nH]c2cccc(Cl)c21. The van der Waals surface area contributed by atoms with Crippen molar-refractivity contribution in [2.24, 2.45) is 0 Å². The maximum atomic E-state index is 6.38. The summed E-state index contributed by atoms with van der Waals surface area (Å²) in [5.74, 6) is 0. The zero-order valence-corrected chi connectivity index (χ0v) is 12.8. The highest BCUT2D eigenvalue weighted by molar-refractivity contribution is 7.71. The van der Waals surface area contributed by atoms with Crippen molar-refractivity contribution in [1.29, 1.82) is 0 Å². The summed E-state index contributed by atoms with van der Waals surface area (Å²) < 4.78 is 2.82. The minimum absolute atomic E-state index is 0.478. The number of hydrogen-bond acceptors (Lipinski definition) is 2. The lowest BCUT2D eigenvalue weighted by atomic mass is 10.00. The molecule has 0 spiro atoms. The Labute approximate surface area is 123 Å². The summed E-state index contributed by atoms with van der Waals surface area (Å²) in [5, 5.41) is 3.12. The van der Waals surface area contributed by atoms with E-state index in [4.69, 9.17) is 23.8 Å². The highest BCUT2D eigenvalue weighted by Gasteiger charge is 2.27. The van der Waals surface area contributed by atoms with Crippen molar-refractivity contribution in [3.63, 3.8) is 0 Å². The number of piperidine rings is 1. The molecule has 0 bridgehead atoms. The average molecular weight is 296 g/mol. The topological polar surface area (TPSA) is 24.0 Å². The van der Waals surface area contributed by atoms with E-state index in [-0.39, 0.29) is 0 Å². The van der Waals surface area contributed by atoms with Crippen LogP contribution in [-0.2, 0) is 0 Å². The molecule has 0 saturated carbocycles. The molecule has 1 aromatic heterocycles. The number of nitrogens with zero attached hydrogens (tertiary/aromatic N) is 2. The summed E-state index contributed by atoms with van der Waals surface area (Å²) in [7, 11) is 0. The Hall–Kier alpha value is -1.00. The molecule has 1 aliphatic heterocycles. The summed E-state index contributed by atoms with van der Waals surface area (Å²) in [6.07, 6.45) is 3.68. The van der Waals surface area contributed by atoms with Gasteiger partial charge in [-0.05, 0) is 57.5 Å². The van der Waals surface area contributed by atoms with Crippen LogP contribution >= 0.6 is 23.8 Å². The van der Waals surface area contributed by atoms with Crippen LogP contribution < -0.4 is 5.01 Å². The van der Waals surface area contributed by atoms with Crippen molar-refractivity contribution >= 4 is 34.9 Å². The summed E-state index contributed by atoms with van der Waals surface area (Å²) in [4.78, 5) is 3.26. The number of hydrogen-bond donors (Lipinski definition) is 1. The minimum Gasteiger partial charge on any atom is -0.329 e. The van der Waals surface area contributed by atoms with E-state index < -0.39 is 0 Å². The Morgan fingerprint density at radius 1 is 1.26 bits per heavy atom. The fourth-order valence-electron chi connectivity index (χ4n) is 3.12. The van der Waals surface area contributed by atoms with Gasteiger partial charge in [0.05, 0.1) is 10.5 Å². The summed E-state index contributed by atoms with van der Waals surface area (Å²) in [6.45, 7) is 4.51. The van der Waals surface area contributed by atoms with Gasteiger partial charge in [0.15, 0.2) is 4.77 Å². The van der Waals surface area contributed by atoms with E-state index in [0.717, 1.165) is 20.8 Å². The summed E-state index contributed by atoms with van der Waals surface area (Å²) in [6, 6.07) is 6.84. The first-order valence-corrected chi connectivity index (χ1v) is 7.56. The standard InChI is InChI=1S/C14H18ClN3S/c1-9-5-3-6-10(2)17(9)18-13-11(15)7-4-8-12(13)16-14(18)19/h4,7-10H,3,5-6H2,1-2H3,(H,16,19). The number of benzene rings is 1. The molecule has 2 atom stereocenters. The van der Waals surface area contributed by atoms with Gasteiger partial charge < -0.3 is 9.99 Å². The third kappa shape index (κ3) is 2.07. The highest BCUT2D eigenvalue weighted by Crippen LogP contribution is 2.28. The Kier molecular flexibility index (Phi) is 3.31. The fraction of sp³-hybridized carbons (Fsp3) is 0.500. The molecule has 1 aromatic carbocycles. The van der Waals surface area contributed by atoms with Crippen molar-refractivity contribution in [3.05, 3.63) is 28.0 Å². The second-order valence-electron chi connectivity index (χ2n) is 5.39. The monoisotopic (exact) mass is 295 g/mol. The Bertz CT molecular complexity index is 650. The van der Waals surface area contributed by atoms with E-state index in [1.165, 1.54) is 19.3 Å².